The van der Waals surface area contributed by atoms with Crippen molar-refractivity contribution in [3.8, 4) is 0 Å². The lowest BCUT2D eigenvalue weighted by atomic mass is 10.0. The fourth-order valence-corrected chi connectivity index (χ4v) is 5.54. The van der Waals surface area contributed by atoms with Gasteiger partial charge in [-0.1, -0.05) is 0 Å². The summed E-state index contributed by atoms with van der Waals surface area (Å²) in [5.74, 6) is 0. The summed E-state index contributed by atoms with van der Waals surface area (Å²) in [6.07, 6.45) is -5.70. The van der Waals surface area contributed by atoms with Crippen LogP contribution in [0.3, 0.4) is 0 Å². The number of phosphoric ester groups is 1. The molecule has 0 amide bonds. The smallest absolute Gasteiger partial charge is 0.387 e. The molecule has 15 nitrogen and oxygen atoms in total. The average molecular weight is 481 g/mol. The van der Waals surface area contributed by atoms with Crippen LogP contribution in [0.25, 0.3) is 0 Å². The van der Waals surface area contributed by atoms with Crippen LogP contribution < -0.4 is 5.56 Å². The summed E-state index contributed by atoms with van der Waals surface area (Å²) in [4.78, 5) is 49.1. The number of aliphatic hydroxyl groups is 2. The minimum absolute atomic E-state index is 0.317. The zero-order chi connectivity index (χ0) is 22.2. The molecule has 18 heteroatoms. The van der Waals surface area contributed by atoms with E-state index in [9.17, 15) is 33.6 Å². The van der Waals surface area contributed by atoms with Crippen LogP contribution in [-0.2, 0) is 31.6 Å². The quantitative estimate of drug-likeness (QED) is 0.225. The summed E-state index contributed by atoms with van der Waals surface area (Å²) in [5, 5.41) is 20.2. The van der Waals surface area contributed by atoms with Gasteiger partial charge in [0.05, 0.1) is 6.61 Å². The number of aromatic amines is 1. The lowest BCUT2D eigenvalue weighted by Crippen LogP contribution is -2.33. The Morgan fingerprint density at radius 2 is 1.66 bits per heavy atom. The molecule has 0 saturated carbocycles. The molecule has 1 aliphatic heterocycles. The molecule has 0 radical (unpaired) electrons. The molecule has 29 heavy (non-hydrogen) atoms. The van der Waals surface area contributed by atoms with Gasteiger partial charge in [0.2, 0.25) is 5.56 Å². The number of rotatable bonds is 8. The number of ether oxygens (including phenoxy) is 1. The molecule has 1 aromatic heterocycles. The lowest BCUT2D eigenvalue weighted by Gasteiger charge is -2.19. The van der Waals surface area contributed by atoms with Crippen molar-refractivity contribution in [3.63, 3.8) is 0 Å². The second-order valence-corrected chi connectivity index (χ2v) is 10.3. The van der Waals surface area contributed by atoms with E-state index in [1.807, 2.05) is 0 Å². The molecular formula is C11H18NO14P3. The maximum Gasteiger partial charge on any atom is 0.490 e. The standard InChI is InChI=1S/C11H18NO14P3/c1-5-6(2-3-8(13)12-5)11-10(15)9(14)7(24-11)4-23-28(19,20)26-29(21,22)25-27(16,17)18/h2-3,7,9-11,14-15H,4H2,1H3,(H,12,13)(H,19,20)(H,21,22)(H2,16,17,18)/t7-,9?,10?,11+/m1/s1. The van der Waals surface area contributed by atoms with Crippen molar-refractivity contribution >= 4 is 23.5 Å². The molecule has 1 aliphatic rings. The van der Waals surface area contributed by atoms with E-state index >= 15 is 0 Å². The molecule has 0 aromatic carbocycles. The Balaban J connectivity index is 2.05. The number of hydrogen-bond donors (Lipinski definition) is 7. The first-order valence-electron chi connectivity index (χ1n) is 7.60. The van der Waals surface area contributed by atoms with Crippen LogP contribution in [-0.4, -0.2) is 59.7 Å². The van der Waals surface area contributed by atoms with Crippen molar-refractivity contribution in [2.24, 2.45) is 0 Å². The highest BCUT2D eigenvalue weighted by molar-refractivity contribution is 7.66. The number of pyridine rings is 1. The molecule has 166 valence electrons. The van der Waals surface area contributed by atoms with Gasteiger partial charge in [-0.25, -0.2) is 13.7 Å². The zero-order valence-corrected chi connectivity index (χ0v) is 17.1. The number of hydrogen-bond acceptors (Lipinski definition) is 10. The summed E-state index contributed by atoms with van der Waals surface area (Å²) in [5.41, 5.74) is 0.239. The van der Waals surface area contributed by atoms with Crippen LogP contribution in [0.4, 0.5) is 0 Å². The molecule has 1 saturated heterocycles. The van der Waals surface area contributed by atoms with Crippen LogP contribution >= 0.6 is 23.5 Å². The largest absolute Gasteiger partial charge is 0.490 e. The fraction of sp³-hybridized carbons (Fsp3) is 0.545. The summed E-state index contributed by atoms with van der Waals surface area (Å²) in [6, 6.07) is 2.50. The first kappa shape index (κ1) is 24.5. The highest BCUT2D eigenvalue weighted by Crippen LogP contribution is 2.66. The topological polar surface area (TPSA) is 242 Å². The third-order valence-corrected chi connectivity index (χ3v) is 7.45. The van der Waals surface area contributed by atoms with Crippen LogP contribution in [0.15, 0.2) is 16.9 Å². The predicted octanol–water partition coefficient (Wildman–Crippen LogP) is -0.812. The van der Waals surface area contributed by atoms with E-state index in [1.54, 1.807) is 0 Å². The lowest BCUT2D eigenvalue weighted by molar-refractivity contribution is -0.0225. The normalized spacial score (nSPS) is 29.3. The Hall–Kier alpha value is -0.760. The van der Waals surface area contributed by atoms with Crippen molar-refractivity contribution in [1.82, 2.24) is 4.98 Å². The van der Waals surface area contributed by atoms with Crippen LogP contribution in [0, 0.1) is 6.92 Å². The van der Waals surface area contributed by atoms with E-state index in [0.29, 0.717) is 11.3 Å². The van der Waals surface area contributed by atoms with E-state index in [0.717, 1.165) is 6.07 Å². The minimum atomic E-state index is -5.68. The first-order chi connectivity index (χ1) is 13.1. The number of aliphatic hydroxyl groups excluding tert-OH is 2. The average Bonchev–Trinajstić information content (AvgIpc) is 2.78. The Kier molecular flexibility index (Phi) is 7.41. The van der Waals surface area contributed by atoms with Gasteiger partial charge >= 0.3 is 23.5 Å². The SMILES string of the molecule is Cc1[nH]c(=O)ccc1[C@@H]1O[C@H](COP(=O)(O)OP(=O)(O)OP(=O)(O)O)C(O)C1O. The first-order valence-corrected chi connectivity index (χ1v) is 12.1. The molecule has 1 aromatic rings. The second-order valence-electron chi connectivity index (χ2n) is 5.87. The third-order valence-electron chi connectivity index (χ3n) is 3.64. The zero-order valence-electron chi connectivity index (χ0n) is 14.5. The maximum absolute atomic E-state index is 11.7. The van der Waals surface area contributed by atoms with E-state index in [1.165, 1.54) is 13.0 Å². The summed E-state index contributed by atoms with van der Waals surface area (Å²) < 4.78 is 50.4. The number of H-pyrrole nitrogens is 1. The molecule has 0 bridgehead atoms. The summed E-state index contributed by atoms with van der Waals surface area (Å²) in [7, 11) is -16.6. The van der Waals surface area contributed by atoms with Gasteiger partial charge in [-0.3, -0.25) is 9.32 Å². The molecule has 1 fully saturated rings. The van der Waals surface area contributed by atoms with Crippen molar-refractivity contribution < 1.29 is 61.4 Å². The molecule has 2 rings (SSSR count). The highest BCUT2D eigenvalue weighted by Gasteiger charge is 2.46. The van der Waals surface area contributed by atoms with Gasteiger partial charge in [0.1, 0.15) is 24.4 Å². The van der Waals surface area contributed by atoms with Crippen LogP contribution in [0.1, 0.15) is 17.4 Å². The van der Waals surface area contributed by atoms with E-state index in [2.05, 4.69) is 18.1 Å². The second kappa shape index (κ2) is 8.77. The fourth-order valence-electron chi connectivity index (χ4n) is 2.51. The van der Waals surface area contributed by atoms with Crippen LogP contribution in [0.2, 0.25) is 0 Å². The Labute approximate surface area is 162 Å². The third kappa shape index (κ3) is 6.88. The number of aryl methyl sites for hydroxylation is 1. The molecule has 6 atom stereocenters. The van der Waals surface area contributed by atoms with E-state index in [4.69, 9.17) is 19.4 Å². The molecule has 7 N–H and O–H groups in total. The van der Waals surface area contributed by atoms with E-state index in [-0.39, 0.29) is 0 Å². The van der Waals surface area contributed by atoms with Crippen molar-refractivity contribution in [1.29, 1.82) is 0 Å². The Bertz CT molecular complexity index is 941. The molecule has 0 aliphatic carbocycles. The van der Waals surface area contributed by atoms with Gasteiger partial charge in [-0.2, -0.15) is 8.62 Å². The summed E-state index contributed by atoms with van der Waals surface area (Å²) >= 11 is 0. The van der Waals surface area contributed by atoms with Crippen molar-refractivity contribution in [2.45, 2.75) is 31.3 Å². The van der Waals surface area contributed by atoms with Gasteiger partial charge in [0.15, 0.2) is 0 Å². The van der Waals surface area contributed by atoms with Gasteiger partial charge in [0, 0.05) is 17.3 Å². The Morgan fingerprint density at radius 3 is 2.21 bits per heavy atom. The molecule has 4 unspecified atom stereocenters. The molecular weight excluding hydrogens is 463 g/mol. The van der Waals surface area contributed by atoms with Gasteiger partial charge in [-0.15, -0.1) is 0 Å². The van der Waals surface area contributed by atoms with Crippen molar-refractivity contribution in [3.05, 3.63) is 33.7 Å². The minimum Gasteiger partial charge on any atom is -0.387 e. The number of phosphoric acid groups is 3. The van der Waals surface area contributed by atoms with Crippen molar-refractivity contribution in [2.75, 3.05) is 6.61 Å². The highest BCUT2D eigenvalue weighted by atomic mass is 31.3. The number of nitrogens with one attached hydrogen (secondary N) is 1. The molecule has 2 heterocycles. The van der Waals surface area contributed by atoms with E-state index < -0.39 is 60.1 Å². The Morgan fingerprint density at radius 1 is 1.03 bits per heavy atom. The number of aromatic nitrogens is 1. The maximum atomic E-state index is 11.7. The van der Waals surface area contributed by atoms with Crippen LogP contribution in [0.5, 0.6) is 0 Å². The predicted molar refractivity (Wildman–Crippen MR) is 91.2 cm³/mol. The van der Waals surface area contributed by atoms with Gasteiger partial charge < -0.3 is 39.5 Å². The van der Waals surface area contributed by atoms with Gasteiger partial charge in [0.25, 0.3) is 0 Å². The summed E-state index contributed by atoms with van der Waals surface area (Å²) in [6.45, 7) is 0.583. The monoisotopic (exact) mass is 481 g/mol. The van der Waals surface area contributed by atoms with Gasteiger partial charge in [-0.05, 0) is 13.0 Å². The molecule has 0 spiro atoms.